The second kappa shape index (κ2) is 6.26. The molecule has 1 fully saturated rings. The van der Waals surface area contributed by atoms with Gasteiger partial charge in [0.2, 0.25) is 0 Å². The third-order valence-corrected chi connectivity index (χ3v) is 4.49. The Balaban J connectivity index is 1.50. The van der Waals surface area contributed by atoms with Crippen molar-refractivity contribution in [2.45, 2.75) is 12.8 Å². The molecular formula is C15H14Cl2N2O3. The molecule has 116 valence electrons. The number of aromatic nitrogens is 1. The summed E-state index contributed by atoms with van der Waals surface area (Å²) in [6.45, 7) is -0.350. The zero-order chi connectivity index (χ0) is 15.7. The molecule has 22 heavy (non-hydrogen) atoms. The molecule has 1 amide bonds. The second-order valence-corrected chi connectivity index (χ2v) is 6.37. The lowest BCUT2D eigenvalue weighted by atomic mass is 9.94. The summed E-state index contributed by atoms with van der Waals surface area (Å²) < 4.78 is 5.09. The highest BCUT2D eigenvalue weighted by atomic mass is 35.5. The van der Waals surface area contributed by atoms with Crippen molar-refractivity contribution >= 4 is 40.9 Å². The van der Waals surface area contributed by atoms with Crippen molar-refractivity contribution in [3.63, 3.8) is 0 Å². The molecule has 1 N–H and O–H groups in total. The van der Waals surface area contributed by atoms with Crippen LogP contribution < -0.4 is 5.32 Å². The number of pyridine rings is 1. The maximum Gasteiger partial charge on any atom is 0.310 e. The molecule has 1 aromatic heterocycles. The molecule has 5 nitrogen and oxygen atoms in total. The Hall–Kier alpha value is -1.59. The van der Waals surface area contributed by atoms with Gasteiger partial charge in [0, 0.05) is 6.20 Å². The molecule has 0 spiro atoms. The molecule has 7 heteroatoms. The number of fused-ring (bicyclic) bond motifs is 2. The minimum absolute atomic E-state index is 0.125. The molecule has 0 aromatic carbocycles. The second-order valence-electron chi connectivity index (χ2n) is 5.53. The molecule has 0 saturated heterocycles. The van der Waals surface area contributed by atoms with Gasteiger partial charge in [-0.05, 0) is 30.7 Å². The molecule has 0 unspecified atom stereocenters. The summed E-state index contributed by atoms with van der Waals surface area (Å²) in [5.74, 6) is 0.00217. The molecule has 2 aliphatic rings. The SMILES string of the molecule is O=C(COC(=O)[C@@H]1C[C@@H]2C=C[C@H]1C2)Nc1ncc(Cl)cc1Cl. The molecule has 3 atom stereocenters. The molecule has 1 heterocycles. The monoisotopic (exact) mass is 340 g/mol. The minimum atomic E-state index is -0.483. The number of carbonyl (C=O) groups excluding carboxylic acids is 2. The van der Waals surface area contributed by atoms with Crippen LogP contribution in [0.25, 0.3) is 0 Å². The van der Waals surface area contributed by atoms with Gasteiger partial charge >= 0.3 is 5.97 Å². The zero-order valence-electron chi connectivity index (χ0n) is 11.6. The van der Waals surface area contributed by atoms with E-state index in [9.17, 15) is 9.59 Å². The fraction of sp³-hybridized carbons (Fsp3) is 0.400. The van der Waals surface area contributed by atoms with Gasteiger partial charge in [-0.3, -0.25) is 9.59 Å². The van der Waals surface area contributed by atoms with Gasteiger partial charge < -0.3 is 10.1 Å². The van der Waals surface area contributed by atoms with Gasteiger partial charge in [-0.1, -0.05) is 35.4 Å². The van der Waals surface area contributed by atoms with Crippen molar-refractivity contribution in [3.05, 3.63) is 34.5 Å². The summed E-state index contributed by atoms with van der Waals surface area (Å²) in [6.07, 6.45) is 7.41. The number of halogens is 2. The topological polar surface area (TPSA) is 68.3 Å². The summed E-state index contributed by atoms with van der Waals surface area (Å²) in [6, 6.07) is 1.47. The van der Waals surface area contributed by atoms with Crippen LogP contribution in [0.5, 0.6) is 0 Å². The number of nitrogens with one attached hydrogen (secondary N) is 1. The average molecular weight is 341 g/mol. The quantitative estimate of drug-likeness (QED) is 0.675. The Bertz CT molecular complexity index is 648. The first-order valence-corrected chi connectivity index (χ1v) is 7.74. The predicted molar refractivity (Wildman–Crippen MR) is 82.7 cm³/mol. The third kappa shape index (κ3) is 3.25. The number of esters is 1. The van der Waals surface area contributed by atoms with Gasteiger partial charge in [0.05, 0.1) is 16.0 Å². The van der Waals surface area contributed by atoms with Crippen LogP contribution in [-0.4, -0.2) is 23.5 Å². The van der Waals surface area contributed by atoms with Crippen LogP contribution in [-0.2, 0) is 14.3 Å². The largest absolute Gasteiger partial charge is 0.455 e. The molecule has 2 bridgehead atoms. The van der Waals surface area contributed by atoms with Crippen molar-refractivity contribution in [1.29, 1.82) is 0 Å². The number of anilines is 1. The van der Waals surface area contributed by atoms with Crippen LogP contribution in [0.1, 0.15) is 12.8 Å². The van der Waals surface area contributed by atoms with Gasteiger partial charge in [0.25, 0.3) is 5.91 Å². The first-order valence-electron chi connectivity index (χ1n) is 6.99. The molecule has 0 radical (unpaired) electrons. The molecule has 3 rings (SSSR count). The first kappa shape index (κ1) is 15.3. The Labute approximate surface area is 137 Å². The van der Waals surface area contributed by atoms with Crippen LogP contribution in [0.2, 0.25) is 10.0 Å². The minimum Gasteiger partial charge on any atom is -0.455 e. The molecular weight excluding hydrogens is 327 g/mol. The highest BCUT2D eigenvalue weighted by Gasteiger charge is 2.40. The number of rotatable bonds is 4. The summed E-state index contributed by atoms with van der Waals surface area (Å²) >= 11 is 11.6. The van der Waals surface area contributed by atoms with Gasteiger partial charge in [-0.2, -0.15) is 0 Å². The standard InChI is InChI=1S/C15H14Cl2N2O3/c16-10-5-12(17)14(18-6-10)19-13(20)7-22-15(21)11-4-8-1-2-9(11)3-8/h1-2,5-6,8-9,11H,3-4,7H2,(H,18,19,20)/t8-,9+,11-/m1/s1. The van der Waals surface area contributed by atoms with Crippen LogP contribution in [0, 0.1) is 17.8 Å². The van der Waals surface area contributed by atoms with Crippen molar-refractivity contribution in [1.82, 2.24) is 4.98 Å². The van der Waals surface area contributed by atoms with Crippen molar-refractivity contribution in [2.24, 2.45) is 17.8 Å². The number of hydrogen-bond acceptors (Lipinski definition) is 4. The van der Waals surface area contributed by atoms with E-state index in [1.807, 2.05) is 0 Å². The fourth-order valence-electron chi connectivity index (χ4n) is 2.97. The smallest absolute Gasteiger partial charge is 0.310 e. The lowest BCUT2D eigenvalue weighted by Gasteiger charge is -2.16. The zero-order valence-corrected chi connectivity index (χ0v) is 13.1. The van der Waals surface area contributed by atoms with E-state index in [0.717, 1.165) is 12.8 Å². The summed E-state index contributed by atoms with van der Waals surface area (Å²) in [4.78, 5) is 27.7. The van der Waals surface area contributed by atoms with Crippen LogP contribution >= 0.6 is 23.2 Å². The van der Waals surface area contributed by atoms with E-state index >= 15 is 0 Å². The van der Waals surface area contributed by atoms with E-state index in [1.165, 1.54) is 12.3 Å². The number of nitrogens with zero attached hydrogens (tertiary/aromatic N) is 1. The van der Waals surface area contributed by atoms with Crippen LogP contribution in [0.4, 0.5) is 5.82 Å². The van der Waals surface area contributed by atoms with Crippen molar-refractivity contribution in [2.75, 3.05) is 11.9 Å². The lowest BCUT2D eigenvalue weighted by Crippen LogP contribution is -2.27. The van der Waals surface area contributed by atoms with E-state index in [1.54, 1.807) is 0 Å². The molecule has 1 saturated carbocycles. The van der Waals surface area contributed by atoms with Crippen molar-refractivity contribution < 1.29 is 14.3 Å². The van der Waals surface area contributed by atoms with Gasteiger partial charge in [-0.15, -0.1) is 0 Å². The van der Waals surface area contributed by atoms with Gasteiger partial charge in [-0.25, -0.2) is 4.98 Å². The number of allylic oxidation sites excluding steroid dienone is 2. The predicted octanol–water partition coefficient (Wildman–Crippen LogP) is 3.08. The number of ether oxygens (including phenoxy) is 1. The first-order chi connectivity index (χ1) is 10.5. The normalized spacial score (nSPS) is 25.3. The van der Waals surface area contributed by atoms with E-state index in [-0.39, 0.29) is 35.3 Å². The molecule has 2 aliphatic carbocycles. The van der Waals surface area contributed by atoms with E-state index < -0.39 is 5.91 Å². The maximum absolute atomic E-state index is 12.0. The lowest BCUT2D eigenvalue weighted by molar-refractivity contribution is -0.152. The Morgan fingerprint density at radius 2 is 2.14 bits per heavy atom. The average Bonchev–Trinajstić information content (AvgIpc) is 3.10. The van der Waals surface area contributed by atoms with E-state index in [4.69, 9.17) is 27.9 Å². The van der Waals surface area contributed by atoms with Crippen LogP contribution in [0.15, 0.2) is 24.4 Å². The number of amides is 1. The highest BCUT2D eigenvalue weighted by molar-refractivity contribution is 6.36. The number of hydrogen-bond donors (Lipinski definition) is 1. The third-order valence-electron chi connectivity index (χ3n) is 3.99. The van der Waals surface area contributed by atoms with Gasteiger partial charge in [0.15, 0.2) is 12.4 Å². The maximum atomic E-state index is 12.0. The Kier molecular flexibility index (Phi) is 4.36. The highest BCUT2D eigenvalue weighted by Crippen LogP contribution is 2.43. The molecule has 0 aliphatic heterocycles. The van der Waals surface area contributed by atoms with Crippen LogP contribution in [0.3, 0.4) is 0 Å². The Morgan fingerprint density at radius 1 is 1.32 bits per heavy atom. The Morgan fingerprint density at radius 3 is 2.77 bits per heavy atom. The van der Waals surface area contributed by atoms with Crippen molar-refractivity contribution in [3.8, 4) is 0 Å². The summed E-state index contributed by atoms with van der Waals surface area (Å²) in [5.41, 5.74) is 0. The molecule has 1 aromatic rings. The van der Waals surface area contributed by atoms with E-state index in [0.29, 0.717) is 10.9 Å². The fourth-order valence-corrected chi connectivity index (χ4v) is 3.40. The summed E-state index contributed by atoms with van der Waals surface area (Å²) in [5, 5.41) is 3.09. The number of carbonyl (C=O) groups is 2. The van der Waals surface area contributed by atoms with Gasteiger partial charge in [0.1, 0.15) is 0 Å². The summed E-state index contributed by atoms with van der Waals surface area (Å²) in [7, 11) is 0. The van der Waals surface area contributed by atoms with E-state index in [2.05, 4.69) is 22.5 Å².